The molecular weight excluding hydrogens is 196 g/mol. The number of benzene rings is 1. The minimum absolute atomic E-state index is 0.0803. The molecule has 0 aromatic heterocycles. The van der Waals surface area contributed by atoms with Gasteiger partial charge in [-0.2, -0.15) is 0 Å². The van der Waals surface area contributed by atoms with E-state index in [1.54, 1.807) is 30.3 Å². The minimum atomic E-state index is -1.14. The molecule has 4 N–H and O–H groups in total. The largest absolute Gasteiger partial charge is 0.480 e. The van der Waals surface area contributed by atoms with Crippen molar-refractivity contribution in [1.29, 1.82) is 0 Å². The molecule has 0 unspecified atom stereocenters. The normalized spacial score (nSPS) is 11.8. The van der Waals surface area contributed by atoms with E-state index >= 15 is 0 Å². The second kappa shape index (κ2) is 5.11. The summed E-state index contributed by atoms with van der Waals surface area (Å²) in [6.07, 6.45) is 0. The number of amides is 1. The van der Waals surface area contributed by atoms with Gasteiger partial charge in [0.05, 0.1) is 0 Å². The number of rotatable bonds is 4. The van der Waals surface area contributed by atoms with Crippen molar-refractivity contribution in [3.8, 4) is 0 Å². The molecule has 0 saturated heterocycles. The van der Waals surface area contributed by atoms with Crippen LogP contribution in [0.1, 0.15) is 10.4 Å². The molecule has 1 rings (SSSR count). The Hall–Kier alpha value is -1.88. The van der Waals surface area contributed by atoms with Crippen LogP contribution < -0.4 is 11.1 Å². The summed E-state index contributed by atoms with van der Waals surface area (Å²) in [5, 5.41) is 10.9. The van der Waals surface area contributed by atoms with Crippen LogP contribution in [0.4, 0.5) is 0 Å². The zero-order valence-electron chi connectivity index (χ0n) is 8.01. The van der Waals surface area contributed by atoms with E-state index in [9.17, 15) is 9.59 Å². The zero-order valence-corrected chi connectivity index (χ0v) is 8.01. The van der Waals surface area contributed by atoms with Crippen molar-refractivity contribution in [3.05, 3.63) is 35.9 Å². The van der Waals surface area contributed by atoms with Crippen LogP contribution in [0.5, 0.6) is 0 Å². The lowest BCUT2D eigenvalue weighted by Gasteiger charge is -2.08. The molecule has 5 nitrogen and oxygen atoms in total. The van der Waals surface area contributed by atoms with Gasteiger partial charge in [0.1, 0.15) is 6.04 Å². The molecule has 0 spiro atoms. The Morgan fingerprint density at radius 2 is 1.93 bits per heavy atom. The van der Waals surface area contributed by atoms with Gasteiger partial charge < -0.3 is 16.2 Å². The van der Waals surface area contributed by atoms with Crippen molar-refractivity contribution >= 4 is 11.9 Å². The van der Waals surface area contributed by atoms with Crippen LogP contribution in [0.2, 0.25) is 0 Å². The van der Waals surface area contributed by atoms with Gasteiger partial charge in [0.2, 0.25) is 0 Å². The number of carbonyl (C=O) groups is 2. The minimum Gasteiger partial charge on any atom is -0.480 e. The van der Waals surface area contributed by atoms with E-state index in [-0.39, 0.29) is 12.5 Å². The first-order valence-corrected chi connectivity index (χ1v) is 4.43. The number of hydrogen-bond donors (Lipinski definition) is 3. The van der Waals surface area contributed by atoms with Crippen LogP contribution in [0.25, 0.3) is 0 Å². The summed E-state index contributed by atoms with van der Waals surface area (Å²) in [5.74, 6) is -1.46. The fraction of sp³-hybridized carbons (Fsp3) is 0.200. The number of nitrogens with one attached hydrogen (secondary N) is 1. The number of hydrogen-bond acceptors (Lipinski definition) is 3. The molecule has 5 heteroatoms. The summed E-state index contributed by atoms with van der Waals surface area (Å²) < 4.78 is 0. The highest BCUT2D eigenvalue weighted by Gasteiger charge is 2.12. The second-order valence-electron chi connectivity index (χ2n) is 3.02. The van der Waals surface area contributed by atoms with Gasteiger partial charge in [-0.25, -0.2) is 0 Å². The second-order valence-corrected chi connectivity index (χ2v) is 3.02. The smallest absolute Gasteiger partial charge is 0.322 e. The topological polar surface area (TPSA) is 92.4 Å². The summed E-state index contributed by atoms with van der Waals surface area (Å²) in [6.45, 7) is -0.0803. The molecule has 1 aromatic carbocycles. The number of carboxylic acids is 1. The van der Waals surface area contributed by atoms with Crippen LogP contribution in [0.15, 0.2) is 30.3 Å². The average Bonchev–Trinajstić information content (AvgIpc) is 2.26. The third kappa shape index (κ3) is 3.40. The third-order valence-electron chi connectivity index (χ3n) is 1.84. The fourth-order valence-electron chi connectivity index (χ4n) is 0.982. The predicted octanol–water partition coefficient (Wildman–Crippen LogP) is -0.172. The Balaban J connectivity index is 2.47. The Morgan fingerprint density at radius 3 is 2.47 bits per heavy atom. The number of aliphatic carboxylic acids is 1. The van der Waals surface area contributed by atoms with Gasteiger partial charge in [0.15, 0.2) is 0 Å². The van der Waals surface area contributed by atoms with Gasteiger partial charge in [-0.05, 0) is 12.1 Å². The fourth-order valence-corrected chi connectivity index (χ4v) is 0.982. The van der Waals surface area contributed by atoms with Crippen LogP contribution in [0, 0.1) is 0 Å². The highest BCUT2D eigenvalue weighted by Crippen LogP contribution is 1.97. The molecule has 0 heterocycles. The molecule has 0 fully saturated rings. The summed E-state index contributed by atoms with van der Waals surface area (Å²) in [6, 6.07) is 7.46. The van der Waals surface area contributed by atoms with Gasteiger partial charge >= 0.3 is 5.97 Å². The van der Waals surface area contributed by atoms with Gasteiger partial charge in [-0.15, -0.1) is 0 Å². The summed E-state index contributed by atoms with van der Waals surface area (Å²) >= 11 is 0. The van der Waals surface area contributed by atoms with E-state index in [0.29, 0.717) is 5.56 Å². The van der Waals surface area contributed by atoms with E-state index in [4.69, 9.17) is 10.8 Å². The van der Waals surface area contributed by atoms with Crippen molar-refractivity contribution in [2.24, 2.45) is 5.73 Å². The van der Waals surface area contributed by atoms with Crippen molar-refractivity contribution in [1.82, 2.24) is 5.32 Å². The van der Waals surface area contributed by atoms with Gasteiger partial charge in [0, 0.05) is 12.1 Å². The predicted molar refractivity (Wildman–Crippen MR) is 54.4 cm³/mol. The molecule has 80 valence electrons. The molecule has 1 atom stereocenters. The molecule has 0 aliphatic carbocycles. The molecule has 0 bridgehead atoms. The first kappa shape index (κ1) is 11.2. The summed E-state index contributed by atoms with van der Waals surface area (Å²) in [5.41, 5.74) is 5.71. The van der Waals surface area contributed by atoms with Crippen LogP contribution in [-0.4, -0.2) is 29.6 Å². The molecule has 0 saturated carbocycles. The summed E-state index contributed by atoms with van der Waals surface area (Å²) in [7, 11) is 0. The van der Waals surface area contributed by atoms with E-state index in [0.717, 1.165) is 0 Å². The lowest BCUT2D eigenvalue weighted by Crippen LogP contribution is -2.42. The molecule has 1 aromatic rings. The average molecular weight is 208 g/mol. The molecule has 0 aliphatic heterocycles. The Labute approximate surface area is 86.9 Å². The number of nitrogens with two attached hydrogens (primary N) is 1. The van der Waals surface area contributed by atoms with Crippen molar-refractivity contribution in [2.45, 2.75) is 6.04 Å². The Bertz CT molecular complexity index is 351. The number of carbonyl (C=O) groups excluding carboxylic acids is 1. The summed E-state index contributed by atoms with van der Waals surface area (Å²) in [4.78, 5) is 21.8. The van der Waals surface area contributed by atoms with E-state index in [2.05, 4.69) is 5.32 Å². The maximum absolute atomic E-state index is 11.4. The van der Waals surface area contributed by atoms with E-state index in [1.807, 2.05) is 0 Å². The maximum Gasteiger partial charge on any atom is 0.322 e. The quantitative estimate of drug-likeness (QED) is 0.640. The van der Waals surface area contributed by atoms with E-state index < -0.39 is 12.0 Å². The van der Waals surface area contributed by atoms with Gasteiger partial charge in [-0.1, -0.05) is 18.2 Å². The standard InChI is InChI=1S/C10H12N2O3/c11-8(10(14)15)6-12-9(13)7-4-2-1-3-5-7/h1-5,8H,6,11H2,(H,12,13)(H,14,15)/t8-/m0/s1. The van der Waals surface area contributed by atoms with Crippen molar-refractivity contribution < 1.29 is 14.7 Å². The zero-order chi connectivity index (χ0) is 11.3. The first-order valence-electron chi connectivity index (χ1n) is 4.43. The highest BCUT2D eigenvalue weighted by molar-refractivity contribution is 5.94. The van der Waals surface area contributed by atoms with Crippen molar-refractivity contribution in [3.63, 3.8) is 0 Å². The lowest BCUT2D eigenvalue weighted by atomic mass is 10.2. The van der Waals surface area contributed by atoms with Gasteiger partial charge in [-0.3, -0.25) is 9.59 Å². The monoisotopic (exact) mass is 208 g/mol. The molecule has 1 amide bonds. The molecule has 0 radical (unpaired) electrons. The van der Waals surface area contributed by atoms with Crippen LogP contribution >= 0.6 is 0 Å². The SMILES string of the molecule is N[C@@H](CNC(=O)c1ccccc1)C(=O)O. The van der Waals surface area contributed by atoms with Crippen molar-refractivity contribution in [2.75, 3.05) is 6.54 Å². The van der Waals surface area contributed by atoms with Gasteiger partial charge in [0.25, 0.3) is 5.91 Å². The number of carboxylic acid groups (broad SMARTS) is 1. The van der Waals surface area contributed by atoms with E-state index in [1.165, 1.54) is 0 Å². The molecular formula is C10H12N2O3. The molecule has 0 aliphatic rings. The Morgan fingerprint density at radius 1 is 1.33 bits per heavy atom. The van der Waals surface area contributed by atoms with Crippen LogP contribution in [0.3, 0.4) is 0 Å². The maximum atomic E-state index is 11.4. The molecule has 15 heavy (non-hydrogen) atoms. The third-order valence-corrected chi connectivity index (χ3v) is 1.84. The van der Waals surface area contributed by atoms with Crippen LogP contribution in [-0.2, 0) is 4.79 Å². The first-order chi connectivity index (χ1) is 7.11. The Kier molecular flexibility index (Phi) is 3.82. The highest BCUT2D eigenvalue weighted by atomic mass is 16.4. The lowest BCUT2D eigenvalue weighted by molar-refractivity contribution is -0.138.